The molecule has 0 spiro atoms. The van der Waals surface area contributed by atoms with Gasteiger partial charge in [-0.25, -0.2) is 0 Å². The van der Waals surface area contributed by atoms with E-state index in [4.69, 9.17) is 5.73 Å². The highest BCUT2D eigenvalue weighted by atomic mass is 32.2. The zero-order valence-electron chi connectivity index (χ0n) is 11.1. The van der Waals surface area contributed by atoms with Gasteiger partial charge in [-0.1, -0.05) is 30.3 Å². The number of rotatable bonds is 7. The summed E-state index contributed by atoms with van der Waals surface area (Å²) in [6.45, 7) is 0.974. The number of thioether (sulfide) groups is 1. The second kappa shape index (κ2) is 7.40. The Bertz CT molecular complexity index is 497. The van der Waals surface area contributed by atoms with E-state index in [1.165, 1.54) is 30.1 Å². The minimum Gasteiger partial charge on any atom is -0.382 e. The van der Waals surface area contributed by atoms with Crippen LogP contribution in [0.5, 0.6) is 0 Å². The third-order valence-electron chi connectivity index (χ3n) is 2.84. The molecule has 0 fully saturated rings. The summed E-state index contributed by atoms with van der Waals surface area (Å²) in [6, 6.07) is 10.2. The van der Waals surface area contributed by atoms with Gasteiger partial charge in [0, 0.05) is 6.54 Å². The van der Waals surface area contributed by atoms with Gasteiger partial charge in [0.1, 0.15) is 10.8 Å². The molecule has 0 radical (unpaired) electrons. The predicted molar refractivity (Wildman–Crippen MR) is 88.1 cm³/mol. The first kappa shape index (κ1) is 14.2. The summed E-state index contributed by atoms with van der Waals surface area (Å²) in [4.78, 5) is 0. The Hall–Kier alpha value is -1.20. The molecule has 0 bridgehead atoms. The zero-order valence-corrected chi connectivity index (χ0v) is 12.7. The van der Waals surface area contributed by atoms with Crippen molar-refractivity contribution in [2.75, 3.05) is 29.6 Å². The van der Waals surface area contributed by atoms with Crippen LogP contribution in [0.25, 0.3) is 11.1 Å². The van der Waals surface area contributed by atoms with Crippen molar-refractivity contribution >= 4 is 34.1 Å². The van der Waals surface area contributed by atoms with Crippen LogP contribution in [0.4, 0.5) is 10.8 Å². The van der Waals surface area contributed by atoms with Gasteiger partial charge in [0.05, 0.1) is 5.56 Å². The highest BCUT2D eigenvalue weighted by Crippen LogP contribution is 2.36. The van der Waals surface area contributed by atoms with Gasteiger partial charge in [-0.05, 0) is 41.9 Å². The number of nitrogen functional groups attached to an aromatic ring is 1. The minimum absolute atomic E-state index is 0.614. The monoisotopic (exact) mass is 293 g/mol. The van der Waals surface area contributed by atoms with Crippen molar-refractivity contribution in [1.82, 2.24) is 4.37 Å². The molecule has 102 valence electrons. The molecule has 0 atom stereocenters. The highest BCUT2D eigenvalue weighted by Gasteiger charge is 2.12. The van der Waals surface area contributed by atoms with E-state index < -0.39 is 0 Å². The van der Waals surface area contributed by atoms with E-state index in [2.05, 4.69) is 28.1 Å². The van der Waals surface area contributed by atoms with Crippen molar-refractivity contribution in [3.05, 3.63) is 30.3 Å². The van der Waals surface area contributed by atoms with E-state index in [1.54, 1.807) is 0 Å². The smallest absolute Gasteiger partial charge is 0.147 e. The molecule has 3 N–H and O–H groups in total. The summed E-state index contributed by atoms with van der Waals surface area (Å²) in [5, 5.41) is 4.53. The van der Waals surface area contributed by atoms with Crippen molar-refractivity contribution in [3.8, 4) is 11.1 Å². The summed E-state index contributed by atoms with van der Waals surface area (Å²) in [7, 11) is 0. The predicted octanol–water partition coefficient (Wildman–Crippen LogP) is 3.95. The van der Waals surface area contributed by atoms with Crippen LogP contribution in [0, 0.1) is 0 Å². The lowest BCUT2D eigenvalue weighted by Crippen LogP contribution is -2.01. The average Bonchev–Trinajstić information content (AvgIpc) is 2.81. The van der Waals surface area contributed by atoms with E-state index >= 15 is 0 Å². The fraction of sp³-hybridized carbons (Fsp3) is 0.357. The van der Waals surface area contributed by atoms with Gasteiger partial charge in [0.2, 0.25) is 0 Å². The van der Waals surface area contributed by atoms with Gasteiger partial charge in [0.15, 0.2) is 0 Å². The van der Waals surface area contributed by atoms with Gasteiger partial charge in [-0.2, -0.15) is 16.1 Å². The van der Waals surface area contributed by atoms with Crippen molar-refractivity contribution < 1.29 is 0 Å². The maximum atomic E-state index is 5.98. The summed E-state index contributed by atoms with van der Waals surface area (Å²) >= 11 is 3.34. The van der Waals surface area contributed by atoms with E-state index in [0.29, 0.717) is 5.82 Å². The second-order valence-corrected chi connectivity index (χ2v) is 6.02. The van der Waals surface area contributed by atoms with Crippen molar-refractivity contribution in [3.63, 3.8) is 0 Å². The fourth-order valence-electron chi connectivity index (χ4n) is 1.88. The van der Waals surface area contributed by atoms with E-state index in [-0.39, 0.29) is 0 Å². The molecule has 5 heteroatoms. The number of anilines is 2. The Balaban J connectivity index is 2.02. The first-order valence-electron chi connectivity index (χ1n) is 6.36. The molecule has 3 nitrogen and oxygen atoms in total. The van der Waals surface area contributed by atoms with Crippen LogP contribution < -0.4 is 11.1 Å². The summed E-state index contributed by atoms with van der Waals surface area (Å²) in [5.41, 5.74) is 8.14. The molecule has 0 aliphatic carbocycles. The third-order valence-corrected chi connectivity index (χ3v) is 4.36. The Kier molecular flexibility index (Phi) is 5.54. The number of nitrogens with zero attached hydrogens (tertiary/aromatic N) is 1. The molecule has 0 unspecified atom stereocenters. The molecule has 19 heavy (non-hydrogen) atoms. The molecule has 1 aromatic heterocycles. The summed E-state index contributed by atoms with van der Waals surface area (Å²) in [5.74, 6) is 1.83. The first-order valence-corrected chi connectivity index (χ1v) is 8.53. The van der Waals surface area contributed by atoms with Gasteiger partial charge < -0.3 is 11.1 Å². The number of nitrogens with one attached hydrogen (secondary N) is 1. The van der Waals surface area contributed by atoms with Crippen LogP contribution in [0.15, 0.2) is 30.3 Å². The maximum absolute atomic E-state index is 5.98. The van der Waals surface area contributed by atoms with E-state index in [1.807, 2.05) is 30.0 Å². The van der Waals surface area contributed by atoms with Gasteiger partial charge in [-0.3, -0.25) is 0 Å². The maximum Gasteiger partial charge on any atom is 0.147 e. The number of hydrogen-bond donors (Lipinski definition) is 2. The standard InChI is InChI=1S/C14H19N3S2/c1-18-10-6-5-9-16-14-12(13(15)17-19-14)11-7-3-2-4-8-11/h2-4,7-8,16H,5-6,9-10H2,1H3,(H2,15,17). The molecular weight excluding hydrogens is 274 g/mol. The first-order chi connectivity index (χ1) is 9.33. The molecule has 1 heterocycles. The Labute approximate surface area is 122 Å². The van der Waals surface area contributed by atoms with Crippen molar-refractivity contribution in [2.24, 2.45) is 0 Å². The SMILES string of the molecule is CSCCCCNc1snc(N)c1-c1ccccc1. The molecule has 0 aliphatic rings. The average molecular weight is 293 g/mol. The van der Waals surface area contributed by atoms with Crippen LogP contribution >= 0.6 is 23.3 Å². The van der Waals surface area contributed by atoms with E-state index in [9.17, 15) is 0 Å². The largest absolute Gasteiger partial charge is 0.382 e. The number of nitrogens with two attached hydrogens (primary N) is 1. The lowest BCUT2D eigenvalue weighted by atomic mass is 10.1. The number of benzene rings is 1. The van der Waals surface area contributed by atoms with Crippen LogP contribution in [0.2, 0.25) is 0 Å². The Morgan fingerprint density at radius 3 is 2.79 bits per heavy atom. The number of hydrogen-bond acceptors (Lipinski definition) is 5. The second-order valence-electron chi connectivity index (χ2n) is 4.26. The Morgan fingerprint density at radius 2 is 2.05 bits per heavy atom. The van der Waals surface area contributed by atoms with Gasteiger partial charge in [-0.15, -0.1) is 0 Å². The normalized spacial score (nSPS) is 10.6. The molecule has 0 amide bonds. The molecule has 2 aromatic rings. The Morgan fingerprint density at radius 1 is 1.26 bits per heavy atom. The van der Waals surface area contributed by atoms with Crippen LogP contribution in [0.1, 0.15) is 12.8 Å². The topological polar surface area (TPSA) is 50.9 Å². The summed E-state index contributed by atoms with van der Waals surface area (Å²) < 4.78 is 4.26. The fourth-order valence-corrected chi connectivity index (χ4v) is 3.13. The minimum atomic E-state index is 0.614. The lowest BCUT2D eigenvalue weighted by molar-refractivity contribution is 0.845. The highest BCUT2D eigenvalue weighted by molar-refractivity contribution is 7.98. The molecular formula is C14H19N3S2. The van der Waals surface area contributed by atoms with Gasteiger partial charge in [0.25, 0.3) is 0 Å². The van der Waals surface area contributed by atoms with Crippen LogP contribution in [-0.2, 0) is 0 Å². The van der Waals surface area contributed by atoms with Gasteiger partial charge >= 0.3 is 0 Å². The van der Waals surface area contributed by atoms with Crippen molar-refractivity contribution in [2.45, 2.75) is 12.8 Å². The van der Waals surface area contributed by atoms with Crippen molar-refractivity contribution in [1.29, 1.82) is 0 Å². The molecule has 0 saturated heterocycles. The number of aromatic nitrogens is 1. The summed E-state index contributed by atoms with van der Waals surface area (Å²) in [6.07, 6.45) is 4.56. The van der Waals surface area contributed by atoms with Crippen LogP contribution in [0.3, 0.4) is 0 Å². The molecule has 1 aromatic carbocycles. The molecule has 0 aliphatic heterocycles. The quantitative estimate of drug-likeness (QED) is 0.759. The zero-order chi connectivity index (χ0) is 13.5. The van der Waals surface area contributed by atoms with E-state index in [0.717, 1.165) is 22.7 Å². The molecule has 2 rings (SSSR count). The lowest BCUT2D eigenvalue weighted by Gasteiger charge is -2.07. The van der Waals surface area contributed by atoms with Crippen LogP contribution in [-0.4, -0.2) is 22.9 Å². The third kappa shape index (κ3) is 3.88. The number of unbranched alkanes of at least 4 members (excludes halogenated alkanes) is 1. The molecule has 0 saturated carbocycles.